The van der Waals surface area contributed by atoms with Gasteiger partial charge in [-0.2, -0.15) is 13.2 Å². The van der Waals surface area contributed by atoms with Crippen LogP contribution in [0.3, 0.4) is 0 Å². The molecule has 3 rings (SSSR count). The molecule has 3 N–H and O–H groups in total. The number of hydrogen-bond acceptors (Lipinski definition) is 6. The number of halogens is 4. The van der Waals surface area contributed by atoms with Crippen LogP contribution in [0.5, 0.6) is 5.75 Å². The number of hydrogen-bond donors (Lipinski definition) is 3. The first-order valence-electron chi connectivity index (χ1n) is 10.0. The summed E-state index contributed by atoms with van der Waals surface area (Å²) >= 11 is 0. The fraction of sp³-hybridized carbons (Fsp3) is 0.455. The van der Waals surface area contributed by atoms with Gasteiger partial charge in [-0.3, -0.25) is 9.78 Å². The number of benzene rings is 1. The summed E-state index contributed by atoms with van der Waals surface area (Å²) in [5.74, 6) is -1.34. The Morgan fingerprint density at radius 2 is 2.06 bits per heavy atom. The predicted molar refractivity (Wildman–Crippen MR) is 111 cm³/mol. The molecule has 1 aliphatic heterocycles. The number of aliphatic hydroxyl groups excluding tert-OH is 2. The monoisotopic (exact) mass is 474 g/mol. The highest BCUT2D eigenvalue weighted by Gasteiger charge is 2.51. The molecule has 1 fully saturated rings. The van der Waals surface area contributed by atoms with Crippen LogP contribution in [0.2, 0.25) is 0 Å². The van der Waals surface area contributed by atoms with E-state index in [2.05, 4.69) is 10.3 Å². The molecule has 1 aromatic carbocycles. The number of nitrogens with zero attached hydrogens (tertiary/aromatic N) is 1. The van der Waals surface area contributed by atoms with E-state index in [0.29, 0.717) is 34.7 Å². The molecule has 4 unspecified atom stereocenters. The Hall–Kier alpha value is -2.76. The maximum absolute atomic E-state index is 13.5. The molecular formula is C22H26F4N2O5. The number of methoxy groups -OCH3 is 1. The number of amides is 1. The first-order chi connectivity index (χ1) is 15.5. The molecule has 0 saturated carbocycles. The van der Waals surface area contributed by atoms with Crippen molar-refractivity contribution in [2.75, 3.05) is 25.6 Å². The van der Waals surface area contributed by atoms with Gasteiger partial charge in [0.2, 0.25) is 6.41 Å². The minimum absolute atomic E-state index is 0.0488. The molecule has 4 atom stereocenters. The van der Waals surface area contributed by atoms with Crippen molar-refractivity contribution in [1.82, 2.24) is 4.98 Å². The molecule has 7 nitrogen and oxygen atoms in total. The molecule has 1 aliphatic rings. The van der Waals surface area contributed by atoms with Crippen molar-refractivity contribution in [3.63, 3.8) is 0 Å². The van der Waals surface area contributed by atoms with Crippen molar-refractivity contribution in [2.24, 2.45) is 5.92 Å². The topological polar surface area (TPSA) is 101 Å². The van der Waals surface area contributed by atoms with Crippen LogP contribution < -0.4 is 10.1 Å². The molecule has 2 heterocycles. The summed E-state index contributed by atoms with van der Waals surface area (Å²) in [7, 11) is 1.38. The highest BCUT2D eigenvalue weighted by atomic mass is 19.4. The van der Waals surface area contributed by atoms with Crippen LogP contribution in [0, 0.1) is 18.7 Å². The molecule has 33 heavy (non-hydrogen) atoms. The maximum Gasteiger partial charge on any atom is 0.414 e. The molecule has 2 aromatic rings. The Morgan fingerprint density at radius 1 is 1.36 bits per heavy atom. The van der Waals surface area contributed by atoms with Crippen LogP contribution >= 0.6 is 0 Å². The van der Waals surface area contributed by atoms with Crippen LogP contribution in [-0.2, 0) is 9.53 Å². The van der Waals surface area contributed by atoms with E-state index >= 15 is 0 Å². The zero-order chi connectivity index (χ0) is 24.8. The van der Waals surface area contributed by atoms with Gasteiger partial charge in [-0.15, -0.1) is 0 Å². The van der Waals surface area contributed by atoms with Gasteiger partial charge in [0.05, 0.1) is 26.0 Å². The number of aromatic nitrogens is 1. The van der Waals surface area contributed by atoms with Crippen molar-refractivity contribution in [2.45, 2.75) is 38.1 Å². The second kappa shape index (κ2) is 11.4. The minimum Gasteiger partial charge on any atom is -0.496 e. The van der Waals surface area contributed by atoms with E-state index in [1.54, 1.807) is 13.0 Å². The number of anilines is 1. The molecule has 1 saturated heterocycles. The van der Waals surface area contributed by atoms with Gasteiger partial charge in [0.25, 0.3) is 0 Å². The second-order valence-electron chi connectivity index (χ2n) is 7.49. The zero-order valence-electron chi connectivity index (χ0n) is 18.3. The Bertz CT molecular complexity index is 941. The summed E-state index contributed by atoms with van der Waals surface area (Å²) in [6.07, 6.45) is -5.21. The molecule has 0 radical (unpaired) electrons. The van der Waals surface area contributed by atoms with E-state index in [4.69, 9.17) is 14.6 Å². The standard InChI is InChI=1S/C14H16F4O2.C8H10N2O3/c1-7-10(6-20-13(7)14(16,17)18)9-4-5-11(15)8(2)12(9)19-3;11-4-8(13)7-3-6(10-5-12)1-2-9-7/h4-5,7,10,13H,6H2,1-3H3;1-3,5,8,11,13H,4H2,(H,9,10,12). The van der Waals surface area contributed by atoms with Crippen molar-refractivity contribution < 1.29 is 42.0 Å². The molecule has 1 amide bonds. The summed E-state index contributed by atoms with van der Waals surface area (Å²) in [6.45, 7) is 2.59. The van der Waals surface area contributed by atoms with Crippen molar-refractivity contribution in [3.8, 4) is 5.75 Å². The highest BCUT2D eigenvalue weighted by Crippen LogP contribution is 2.45. The Kier molecular flexibility index (Phi) is 9.15. The largest absolute Gasteiger partial charge is 0.496 e. The van der Waals surface area contributed by atoms with Gasteiger partial charge in [-0.1, -0.05) is 13.0 Å². The third-order valence-electron chi connectivity index (χ3n) is 5.39. The fourth-order valence-electron chi connectivity index (χ4n) is 3.62. The smallest absolute Gasteiger partial charge is 0.414 e. The van der Waals surface area contributed by atoms with Gasteiger partial charge in [0, 0.05) is 34.8 Å². The summed E-state index contributed by atoms with van der Waals surface area (Å²) in [4.78, 5) is 13.9. The molecule has 0 bridgehead atoms. The average molecular weight is 474 g/mol. The number of ether oxygens (including phenoxy) is 2. The fourth-order valence-corrected chi connectivity index (χ4v) is 3.62. The molecule has 11 heteroatoms. The molecule has 0 spiro atoms. The third kappa shape index (κ3) is 6.40. The van der Waals surface area contributed by atoms with E-state index in [-0.39, 0.29) is 6.61 Å². The summed E-state index contributed by atoms with van der Waals surface area (Å²) in [5.41, 5.74) is 1.72. The molecule has 1 aromatic heterocycles. The normalized spacial score (nSPS) is 21.1. The lowest BCUT2D eigenvalue weighted by atomic mass is 9.85. The van der Waals surface area contributed by atoms with E-state index in [1.165, 1.54) is 38.4 Å². The molecule has 182 valence electrons. The SMILES string of the molecule is COc1c(C2COC(C(F)(F)F)C2C)ccc(F)c1C.O=CNc1ccnc(C(O)CO)c1. The first kappa shape index (κ1) is 26.5. The van der Waals surface area contributed by atoms with E-state index in [9.17, 15) is 27.5 Å². The minimum atomic E-state index is -4.39. The van der Waals surface area contributed by atoms with Crippen molar-refractivity contribution in [1.29, 1.82) is 0 Å². The molecule has 0 aliphatic carbocycles. The highest BCUT2D eigenvalue weighted by molar-refractivity contribution is 5.70. The predicted octanol–water partition coefficient (Wildman–Crippen LogP) is 3.50. The lowest BCUT2D eigenvalue weighted by Gasteiger charge is -2.22. The van der Waals surface area contributed by atoms with Gasteiger partial charge in [-0.25, -0.2) is 4.39 Å². The van der Waals surface area contributed by atoms with Gasteiger partial charge in [-0.05, 0) is 25.1 Å². The Morgan fingerprint density at radius 3 is 2.61 bits per heavy atom. The first-order valence-corrected chi connectivity index (χ1v) is 10.0. The number of carbonyl (C=O) groups is 1. The number of aliphatic hydroxyl groups is 2. The average Bonchev–Trinajstić information content (AvgIpc) is 3.17. The third-order valence-corrected chi connectivity index (χ3v) is 5.39. The van der Waals surface area contributed by atoms with Crippen LogP contribution in [0.1, 0.15) is 35.8 Å². The number of carbonyl (C=O) groups excluding carboxylic acids is 1. The Balaban J connectivity index is 0.000000257. The van der Waals surface area contributed by atoms with E-state index in [1.807, 2.05) is 0 Å². The van der Waals surface area contributed by atoms with Gasteiger partial charge >= 0.3 is 6.18 Å². The number of rotatable bonds is 6. The molecular weight excluding hydrogens is 448 g/mol. The van der Waals surface area contributed by atoms with Crippen LogP contribution in [-0.4, -0.2) is 54.2 Å². The van der Waals surface area contributed by atoms with Crippen LogP contribution in [0.4, 0.5) is 23.2 Å². The van der Waals surface area contributed by atoms with E-state index in [0.717, 1.165) is 0 Å². The van der Waals surface area contributed by atoms with Gasteiger partial charge in [0.1, 0.15) is 17.7 Å². The van der Waals surface area contributed by atoms with Crippen molar-refractivity contribution >= 4 is 12.1 Å². The van der Waals surface area contributed by atoms with Crippen LogP contribution in [0.25, 0.3) is 0 Å². The number of pyridine rings is 1. The number of nitrogens with one attached hydrogen (secondary N) is 1. The van der Waals surface area contributed by atoms with Crippen molar-refractivity contribution in [3.05, 3.63) is 53.1 Å². The summed E-state index contributed by atoms with van der Waals surface area (Å²) in [6, 6.07) is 5.81. The lowest BCUT2D eigenvalue weighted by Crippen LogP contribution is -2.33. The van der Waals surface area contributed by atoms with Gasteiger partial charge < -0.3 is 25.0 Å². The van der Waals surface area contributed by atoms with Crippen LogP contribution in [0.15, 0.2) is 30.5 Å². The van der Waals surface area contributed by atoms with E-state index < -0.39 is 42.6 Å². The zero-order valence-corrected chi connectivity index (χ0v) is 18.3. The Labute approximate surface area is 188 Å². The van der Waals surface area contributed by atoms with Gasteiger partial charge in [0.15, 0.2) is 6.10 Å². The quantitative estimate of drug-likeness (QED) is 0.438. The number of alkyl halides is 3. The lowest BCUT2D eigenvalue weighted by molar-refractivity contribution is -0.215. The summed E-state index contributed by atoms with van der Waals surface area (Å²) < 4.78 is 62.0. The second-order valence-corrected chi connectivity index (χ2v) is 7.49. The summed E-state index contributed by atoms with van der Waals surface area (Å²) in [5, 5.41) is 20.2. The maximum atomic E-state index is 13.5.